The summed E-state index contributed by atoms with van der Waals surface area (Å²) in [4.78, 5) is 14.9. The van der Waals surface area contributed by atoms with E-state index in [4.69, 9.17) is 11.6 Å². The molecule has 0 aliphatic carbocycles. The molecule has 1 aromatic rings. The summed E-state index contributed by atoms with van der Waals surface area (Å²) in [5.41, 5.74) is 1.27. The number of carbonyl (C=O) groups excluding carboxylic acids is 1. The van der Waals surface area contributed by atoms with Crippen molar-refractivity contribution in [3.63, 3.8) is 0 Å². The molecule has 0 unspecified atom stereocenters. The Morgan fingerprint density at radius 2 is 2.27 bits per heavy atom. The summed E-state index contributed by atoms with van der Waals surface area (Å²) in [7, 11) is 1.76. The van der Waals surface area contributed by atoms with Crippen molar-refractivity contribution in [3.05, 3.63) is 16.4 Å². The number of halogens is 1. The van der Waals surface area contributed by atoms with Gasteiger partial charge in [0.1, 0.15) is 5.15 Å². The molecule has 2 rings (SSSR count). The maximum absolute atomic E-state index is 12.5. The van der Waals surface area contributed by atoms with Gasteiger partial charge in [-0.1, -0.05) is 25.4 Å². The van der Waals surface area contributed by atoms with Crippen LogP contribution < -0.4 is 5.32 Å². The van der Waals surface area contributed by atoms with Crippen molar-refractivity contribution >= 4 is 17.5 Å². The van der Waals surface area contributed by atoms with Gasteiger partial charge < -0.3 is 10.2 Å². The van der Waals surface area contributed by atoms with E-state index in [9.17, 15) is 4.79 Å². The van der Waals surface area contributed by atoms with E-state index in [1.165, 1.54) is 12.8 Å². The van der Waals surface area contributed by atoms with E-state index >= 15 is 0 Å². The van der Waals surface area contributed by atoms with Gasteiger partial charge in [-0.25, -0.2) is 0 Å². The van der Waals surface area contributed by atoms with Crippen molar-refractivity contribution in [2.24, 2.45) is 13.0 Å². The van der Waals surface area contributed by atoms with E-state index in [1.807, 2.05) is 13.8 Å². The van der Waals surface area contributed by atoms with Crippen LogP contribution in [0.4, 0.5) is 0 Å². The van der Waals surface area contributed by atoms with Crippen molar-refractivity contribution in [1.82, 2.24) is 20.0 Å². The quantitative estimate of drug-likeness (QED) is 0.904. The minimum Gasteiger partial charge on any atom is -0.348 e. The summed E-state index contributed by atoms with van der Waals surface area (Å²) in [6, 6.07) is 0.0961. The van der Waals surface area contributed by atoms with Gasteiger partial charge in [-0.2, -0.15) is 5.10 Å². The number of amides is 1. The lowest BCUT2D eigenvalue weighted by Gasteiger charge is -2.32. The fourth-order valence-corrected chi connectivity index (χ4v) is 3.44. The van der Waals surface area contributed by atoms with Crippen LogP contribution in [0.25, 0.3) is 0 Å². The molecule has 0 bridgehead atoms. The Labute approximate surface area is 138 Å². The Kier molecular flexibility index (Phi) is 5.87. The zero-order valence-corrected chi connectivity index (χ0v) is 14.8. The van der Waals surface area contributed by atoms with Crippen LogP contribution in [0.2, 0.25) is 5.15 Å². The van der Waals surface area contributed by atoms with Gasteiger partial charge in [0.2, 0.25) is 0 Å². The van der Waals surface area contributed by atoms with Gasteiger partial charge in [0.05, 0.1) is 11.3 Å². The number of hydrogen-bond donors (Lipinski definition) is 1. The van der Waals surface area contributed by atoms with E-state index < -0.39 is 0 Å². The molecule has 0 saturated carbocycles. The van der Waals surface area contributed by atoms with Crippen molar-refractivity contribution in [2.45, 2.75) is 46.1 Å². The highest BCUT2D eigenvalue weighted by Crippen LogP contribution is 2.20. The molecule has 0 aromatic carbocycles. The summed E-state index contributed by atoms with van der Waals surface area (Å²) >= 11 is 6.21. The average Bonchev–Trinajstić information content (AvgIpc) is 2.74. The summed E-state index contributed by atoms with van der Waals surface area (Å²) in [6.07, 6.45) is 3.25. The normalized spacial score (nSPS) is 20.9. The zero-order valence-electron chi connectivity index (χ0n) is 14.0. The first-order valence-electron chi connectivity index (χ1n) is 8.16. The highest BCUT2D eigenvalue weighted by Gasteiger charge is 2.23. The lowest BCUT2D eigenvalue weighted by molar-refractivity contribution is 0.0919. The third-order valence-electron chi connectivity index (χ3n) is 4.26. The number of nitrogens with zero attached hydrogens (tertiary/aromatic N) is 3. The van der Waals surface area contributed by atoms with Crippen molar-refractivity contribution in [1.29, 1.82) is 0 Å². The number of aryl methyl sites for hydroxylation is 2. The predicted octanol–water partition coefficient (Wildman–Crippen LogP) is 2.49. The third-order valence-corrected chi connectivity index (χ3v) is 4.70. The van der Waals surface area contributed by atoms with Crippen LogP contribution in [0.15, 0.2) is 0 Å². The first-order valence-corrected chi connectivity index (χ1v) is 8.54. The second kappa shape index (κ2) is 7.47. The number of carbonyl (C=O) groups is 1. The van der Waals surface area contributed by atoms with Crippen LogP contribution in [0.5, 0.6) is 0 Å². The van der Waals surface area contributed by atoms with Gasteiger partial charge in [-0.3, -0.25) is 9.48 Å². The average molecular weight is 327 g/mol. The molecule has 1 amide bonds. The third kappa shape index (κ3) is 4.02. The highest BCUT2D eigenvalue weighted by atomic mass is 35.5. The van der Waals surface area contributed by atoms with Gasteiger partial charge in [0.15, 0.2) is 0 Å². The van der Waals surface area contributed by atoms with E-state index in [-0.39, 0.29) is 11.9 Å². The highest BCUT2D eigenvalue weighted by molar-refractivity contribution is 6.33. The molecule has 124 valence electrons. The second-order valence-electron chi connectivity index (χ2n) is 6.47. The lowest BCUT2D eigenvalue weighted by Crippen LogP contribution is -2.45. The second-order valence-corrected chi connectivity index (χ2v) is 6.83. The van der Waals surface area contributed by atoms with Gasteiger partial charge in [0.25, 0.3) is 5.91 Å². The number of likely N-dealkylation sites (tertiary alicyclic amines) is 1. The number of piperidine rings is 1. The van der Waals surface area contributed by atoms with E-state index in [0.717, 1.165) is 31.2 Å². The Morgan fingerprint density at radius 3 is 2.91 bits per heavy atom. The van der Waals surface area contributed by atoms with Crippen LogP contribution in [-0.2, 0) is 13.5 Å². The van der Waals surface area contributed by atoms with Crippen LogP contribution in [0.1, 0.15) is 49.7 Å². The van der Waals surface area contributed by atoms with Crippen LogP contribution in [-0.4, -0.2) is 46.3 Å². The molecule has 1 saturated heterocycles. The number of aromatic nitrogens is 2. The largest absolute Gasteiger partial charge is 0.348 e. The Balaban J connectivity index is 1.96. The summed E-state index contributed by atoms with van der Waals surface area (Å²) in [6.45, 7) is 9.45. The molecular formula is C16H27ClN4O. The molecule has 1 N–H and O–H groups in total. The minimum absolute atomic E-state index is 0.0961. The van der Waals surface area contributed by atoms with Gasteiger partial charge in [-0.05, 0) is 38.6 Å². The van der Waals surface area contributed by atoms with Crippen molar-refractivity contribution in [3.8, 4) is 0 Å². The molecule has 1 fully saturated rings. The predicted molar refractivity (Wildman–Crippen MR) is 89.4 cm³/mol. The topological polar surface area (TPSA) is 50.2 Å². The van der Waals surface area contributed by atoms with Gasteiger partial charge in [-0.15, -0.1) is 0 Å². The van der Waals surface area contributed by atoms with E-state index in [1.54, 1.807) is 11.7 Å². The molecule has 22 heavy (non-hydrogen) atoms. The first-order chi connectivity index (χ1) is 10.4. The smallest absolute Gasteiger partial charge is 0.256 e. The summed E-state index contributed by atoms with van der Waals surface area (Å²) < 4.78 is 1.56. The summed E-state index contributed by atoms with van der Waals surface area (Å²) in [5.74, 6) is 0.628. The molecule has 5 nitrogen and oxygen atoms in total. The van der Waals surface area contributed by atoms with Crippen molar-refractivity contribution in [2.75, 3.05) is 19.6 Å². The fourth-order valence-electron chi connectivity index (χ4n) is 3.21. The molecule has 2 atom stereocenters. The maximum Gasteiger partial charge on any atom is 0.256 e. The SMILES string of the molecule is CCc1nn(C)c(Cl)c1C(=O)N[C@H](C)CN1CCC[C@H](C)C1. The zero-order chi connectivity index (χ0) is 16.3. The molecule has 1 aliphatic heterocycles. The molecule has 2 heterocycles. The van der Waals surface area contributed by atoms with Crippen LogP contribution in [0, 0.1) is 5.92 Å². The molecule has 1 aromatic heterocycles. The maximum atomic E-state index is 12.5. The molecule has 0 spiro atoms. The monoisotopic (exact) mass is 326 g/mol. The number of rotatable bonds is 5. The van der Waals surface area contributed by atoms with E-state index in [0.29, 0.717) is 17.1 Å². The number of nitrogens with one attached hydrogen (secondary N) is 1. The summed E-state index contributed by atoms with van der Waals surface area (Å²) in [5, 5.41) is 7.78. The lowest BCUT2D eigenvalue weighted by atomic mass is 10.00. The van der Waals surface area contributed by atoms with Crippen LogP contribution >= 0.6 is 11.6 Å². The first kappa shape index (κ1) is 17.3. The van der Waals surface area contributed by atoms with Crippen molar-refractivity contribution < 1.29 is 4.79 Å². The molecular weight excluding hydrogens is 300 g/mol. The van der Waals surface area contributed by atoms with Gasteiger partial charge >= 0.3 is 0 Å². The Morgan fingerprint density at radius 1 is 1.55 bits per heavy atom. The van der Waals surface area contributed by atoms with E-state index in [2.05, 4.69) is 22.2 Å². The fraction of sp³-hybridized carbons (Fsp3) is 0.750. The Hall–Kier alpha value is -1.07. The molecule has 0 radical (unpaired) electrons. The van der Waals surface area contributed by atoms with Crippen LogP contribution in [0.3, 0.4) is 0 Å². The molecule has 1 aliphatic rings. The Bertz CT molecular complexity index is 528. The van der Waals surface area contributed by atoms with Gasteiger partial charge in [0, 0.05) is 26.2 Å². The number of hydrogen-bond acceptors (Lipinski definition) is 3. The molecule has 6 heteroatoms. The standard InChI is InChI=1S/C16H27ClN4O/c1-5-13-14(15(17)20(4)19-13)16(22)18-12(3)10-21-8-6-7-11(2)9-21/h11-12H,5-10H2,1-4H3,(H,18,22)/t11-,12+/m0/s1. The minimum atomic E-state index is -0.118.